The van der Waals surface area contributed by atoms with Crippen LogP contribution in [0.25, 0.3) is 0 Å². The van der Waals surface area contributed by atoms with Gasteiger partial charge in [0.05, 0.1) is 6.10 Å². The van der Waals surface area contributed by atoms with Crippen LogP contribution in [-0.4, -0.2) is 23.8 Å². The van der Waals surface area contributed by atoms with Crippen LogP contribution in [0.15, 0.2) is 28.7 Å². The van der Waals surface area contributed by atoms with Gasteiger partial charge in [-0.2, -0.15) is 0 Å². The molecule has 0 amide bonds. The predicted octanol–water partition coefficient (Wildman–Crippen LogP) is 3.45. The van der Waals surface area contributed by atoms with Crippen LogP contribution in [0.2, 0.25) is 0 Å². The van der Waals surface area contributed by atoms with E-state index in [0.717, 1.165) is 25.3 Å². The fourth-order valence-corrected chi connectivity index (χ4v) is 3.80. The van der Waals surface area contributed by atoms with Crippen molar-refractivity contribution in [3.63, 3.8) is 0 Å². The molecule has 0 spiro atoms. The quantitative estimate of drug-likeness (QED) is 0.889. The Bertz CT molecular complexity index is 431. The number of halogens is 1. The molecule has 1 aromatic carbocycles. The number of hydrogen-bond acceptors (Lipinski definition) is 2. The predicted molar refractivity (Wildman–Crippen MR) is 81.3 cm³/mol. The van der Waals surface area contributed by atoms with Gasteiger partial charge in [0.15, 0.2) is 0 Å². The van der Waals surface area contributed by atoms with Gasteiger partial charge in [-0.3, -0.25) is 0 Å². The molecule has 0 aromatic heterocycles. The van der Waals surface area contributed by atoms with Gasteiger partial charge in [0.25, 0.3) is 0 Å². The number of aliphatic hydroxyl groups excluding tert-OH is 1. The van der Waals surface area contributed by atoms with E-state index in [2.05, 4.69) is 45.5 Å². The minimum atomic E-state index is -0.0393. The van der Waals surface area contributed by atoms with Crippen LogP contribution in [0.1, 0.15) is 43.6 Å². The zero-order valence-corrected chi connectivity index (χ0v) is 12.8. The lowest BCUT2D eigenvalue weighted by molar-refractivity contribution is 0.176. The Labute approximate surface area is 123 Å². The summed E-state index contributed by atoms with van der Waals surface area (Å²) in [5, 5.41) is 13.2. The van der Waals surface area contributed by atoms with Crippen molar-refractivity contribution in [2.45, 2.75) is 50.2 Å². The maximum absolute atomic E-state index is 9.52. The highest BCUT2D eigenvalue weighted by Crippen LogP contribution is 2.38. The molecule has 19 heavy (non-hydrogen) atoms. The van der Waals surface area contributed by atoms with E-state index < -0.39 is 0 Å². The molecule has 0 bridgehead atoms. The fourth-order valence-electron chi connectivity index (χ4n) is 3.38. The lowest BCUT2D eigenvalue weighted by Gasteiger charge is -2.37. The fraction of sp³-hybridized carbons (Fsp3) is 0.625. The van der Waals surface area contributed by atoms with Gasteiger partial charge < -0.3 is 10.4 Å². The van der Waals surface area contributed by atoms with Crippen molar-refractivity contribution in [3.05, 3.63) is 34.3 Å². The average molecular weight is 324 g/mol. The summed E-state index contributed by atoms with van der Waals surface area (Å²) in [7, 11) is 0. The summed E-state index contributed by atoms with van der Waals surface area (Å²) in [6.45, 7) is 1.09. The SMILES string of the molecule is OC1CCC(CNC2CC(c3cccc(Br)c3)C2)C1. The zero-order chi connectivity index (χ0) is 13.2. The molecule has 0 radical (unpaired) electrons. The maximum Gasteiger partial charge on any atom is 0.0543 e. The number of aliphatic hydroxyl groups is 1. The third-order valence-electron chi connectivity index (χ3n) is 4.67. The van der Waals surface area contributed by atoms with Gasteiger partial charge in [0, 0.05) is 10.5 Å². The Hall–Kier alpha value is -0.380. The molecule has 2 aliphatic carbocycles. The van der Waals surface area contributed by atoms with E-state index in [1.165, 1.54) is 29.3 Å². The van der Waals surface area contributed by atoms with E-state index in [4.69, 9.17) is 0 Å². The zero-order valence-electron chi connectivity index (χ0n) is 11.2. The summed E-state index contributed by atoms with van der Waals surface area (Å²) in [5.74, 6) is 1.42. The van der Waals surface area contributed by atoms with Crippen LogP contribution in [0, 0.1) is 5.92 Å². The highest BCUT2D eigenvalue weighted by Gasteiger charge is 2.31. The lowest BCUT2D eigenvalue weighted by atomic mass is 9.76. The Kier molecular flexibility index (Phi) is 4.25. The molecule has 2 atom stereocenters. The first-order valence-corrected chi connectivity index (χ1v) is 8.17. The number of nitrogens with one attached hydrogen (secondary N) is 1. The third-order valence-corrected chi connectivity index (χ3v) is 5.16. The maximum atomic E-state index is 9.52. The van der Waals surface area contributed by atoms with Crippen LogP contribution in [0.3, 0.4) is 0 Å². The molecule has 2 unspecified atom stereocenters. The Morgan fingerprint density at radius 1 is 1.21 bits per heavy atom. The van der Waals surface area contributed by atoms with Crippen LogP contribution in [0.5, 0.6) is 0 Å². The molecule has 2 nitrogen and oxygen atoms in total. The van der Waals surface area contributed by atoms with E-state index in [1.54, 1.807) is 0 Å². The first kappa shape index (κ1) is 13.6. The minimum absolute atomic E-state index is 0.0393. The molecular formula is C16H22BrNO. The molecule has 1 aromatic rings. The second-order valence-corrected chi connectivity index (χ2v) is 7.08. The van der Waals surface area contributed by atoms with Crippen molar-refractivity contribution in [3.8, 4) is 0 Å². The average Bonchev–Trinajstić information content (AvgIpc) is 2.73. The smallest absolute Gasteiger partial charge is 0.0543 e. The summed E-state index contributed by atoms with van der Waals surface area (Å²) in [5.41, 5.74) is 1.46. The van der Waals surface area contributed by atoms with E-state index in [1.807, 2.05) is 0 Å². The summed E-state index contributed by atoms with van der Waals surface area (Å²) in [6, 6.07) is 9.37. The first-order valence-electron chi connectivity index (χ1n) is 7.37. The largest absolute Gasteiger partial charge is 0.393 e. The molecule has 104 valence electrons. The van der Waals surface area contributed by atoms with Crippen molar-refractivity contribution in [1.29, 1.82) is 0 Å². The van der Waals surface area contributed by atoms with E-state index in [9.17, 15) is 5.11 Å². The number of hydrogen-bond donors (Lipinski definition) is 2. The highest BCUT2D eigenvalue weighted by molar-refractivity contribution is 9.10. The Morgan fingerprint density at radius 3 is 2.74 bits per heavy atom. The monoisotopic (exact) mass is 323 g/mol. The summed E-state index contributed by atoms with van der Waals surface area (Å²) in [6.07, 6.45) is 5.66. The lowest BCUT2D eigenvalue weighted by Crippen LogP contribution is -2.42. The van der Waals surface area contributed by atoms with E-state index in [-0.39, 0.29) is 6.10 Å². The normalized spacial score (nSPS) is 34.2. The van der Waals surface area contributed by atoms with Gasteiger partial charge in [0.2, 0.25) is 0 Å². The summed E-state index contributed by atoms with van der Waals surface area (Å²) in [4.78, 5) is 0. The minimum Gasteiger partial charge on any atom is -0.393 e. The van der Waals surface area contributed by atoms with Gasteiger partial charge in [-0.15, -0.1) is 0 Å². The first-order chi connectivity index (χ1) is 9.20. The molecule has 3 heteroatoms. The van der Waals surface area contributed by atoms with Gasteiger partial charge in [0.1, 0.15) is 0 Å². The molecule has 2 aliphatic rings. The van der Waals surface area contributed by atoms with Crippen molar-refractivity contribution >= 4 is 15.9 Å². The second kappa shape index (κ2) is 5.94. The molecule has 0 saturated heterocycles. The highest BCUT2D eigenvalue weighted by atomic mass is 79.9. The molecule has 3 rings (SSSR count). The van der Waals surface area contributed by atoms with Crippen molar-refractivity contribution in [2.75, 3.05) is 6.54 Å². The number of benzene rings is 1. The molecule has 0 aliphatic heterocycles. The van der Waals surface area contributed by atoms with E-state index >= 15 is 0 Å². The second-order valence-electron chi connectivity index (χ2n) is 6.16. The van der Waals surface area contributed by atoms with Crippen LogP contribution < -0.4 is 5.32 Å². The van der Waals surface area contributed by atoms with Gasteiger partial charge in [-0.25, -0.2) is 0 Å². The van der Waals surface area contributed by atoms with E-state index in [0.29, 0.717) is 12.0 Å². The van der Waals surface area contributed by atoms with Gasteiger partial charge >= 0.3 is 0 Å². The molecular weight excluding hydrogens is 302 g/mol. The molecule has 2 saturated carbocycles. The molecule has 2 fully saturated rings. The standard InChI is InChI=1S/C16H22BrNO/c17-14-3-1-2-12(7-14)13-8-15(9-13)18-10-11-4-5-16(19)6-11/h1-3,7,11,13,15-16,18-19H,4-6,8-10H2. The number of rotatable bonds is 4. The molecule has 2 N–H and O–H groups in total. The van der Waals surface area contributed by atoms with Gasteiger partial charge in [-0.1, -0.05) is 28.1 Å². The Balaban J connectivity index is 1.41. The van der Waals surface area contributed by atoms with Crippen LogP contribution in [-0.2, 0) is 0 Å². The third kappa shape index (κ3) is 3.39. The van der Waals surface area contributed by atoms with Gasteiger partial charge in [-0.05, 0) is 68.2 Å². The topological polar surface area (TPSA) is 32.3 Å². The Morgan fingerprint density at radius 2 is 2.05 bits per heavy atom. The van der Waals surface area contributed by atoms with Crippen molar-refractivity contribution in [2.24, 2.45) is 5.92 Å². The van der Waals surface area contributed by atoms with Crippen molar-refractivity contribution in [1.82, 2.24) is 5.32 Å². The summed E-state index contributed by atoms with van der Waals surface area (Å²) < 4.78 is 1.18. The van der Waals surface area contributed by atoms with Crippen LogP contribution in [0.4, 0.5) is 0 Å². The summed E-state index contributed by atoms with van der Waals surface area (Å²) >= 11 is 3.54. The molecule has 0 heterocycles. The van der Waals surface area contributed by atoms with Crippen LogP contribution >= 0.6 is 15.9 Å². The van der Waals surface area contributed by atoms with Crippen molar-refractivity contribution < 1.29 is 5.11 Å².